The van der Waals surface area contributed by atoms with Crippen molar-refractivity contribution < 1.29 is 19.4 Å². The molecule has 0 saturated heterocycles. The van der Waals surface area contributed by atoms with Crippen molar-refractivity contribution in [2.45, 2.75) is 19.4 Å². The average Bonchev–Trinajstić information content (AvgIpc) is 2.41. The van der Waals surface area contributed by atoms with E-state index in [2.05, 4.69) is 0 Å². The number of aliphatic carboxylic acids is 1. The van der Waals surface area contributed by atoms with E-state index in [1.807, 2.05) is 30.3 Å². The molecule has 1 N–H and O–H groups in total. The van der Waals surface area contributed by atoms with Gasteiger partial charge in [0.2, 0.25) is 0 Å². The van der Waals surface area contributed by atoms with Crippen molar-refractivity contribution in [3.63, 3.8) is 0 Å². The fraction of sp³-hybridized carbons (Fsp3) is 0.188. The summed E-state index contributed by atoms with van der Waals surface area (Å²) in [5, 5.41) is 8.67. The molecule has 2 rings (SSSR count). The van der Waals surface area contributed by atoms with Gasteiger partial charge in [-0.3, -0.25) is 4.79 Å². The monoisotopic (exact) mass is 272 g/mol. The number of hydrogen-bond acceptors (Lipinski definition) is 3. The van der Waals surface area contributed by atoms with Crippen LogP contribution >= 0.6 is 0 Å². The number of para-hydroxylation sites is 1. The number of ether oxygens (including phenoxy) is 2. The number of carbonyl (C=O) groups is 1. The van der Waals surface area contributed by atoms with Crippen LogP contribution in [-0.2, 0) is 4.79 Å². The summed E-state index contributed by atoms with van der Waals surface area (Å²) in [5.41, 5.74) is 0. The Labute approximate surface area is 117 Å². The van der Waals surface area contributed by atoms with Gasteiger partial charge in [-0.05, 0) is 43.3 Å². The van der Waals surface area contributed by atoms with E-state index in [0.717, 1.165) is 5.75 Å². The van der Waals surface area contributed by atoms with Gasteiger partial charge in [0.1, 0.15) is 23.4 Å². The van der Waals surface area contributed by atoms with E-state index < -0.39 is 5.97 Å². The maximum Gasteiger partial charge on any atom is 0.307 e. The number of hydrogen-bond donors (Lipinski definition) is 1. The van der Waals surface area contributed by atoms with E-state index in [4.69, 9.17) is 14.6 Å². The van der Waals surface area contributed by atoms with Crippen LogP contribution in [0.2, 0.25) is 0 Å². The summed E-state index contributed by atoms with van der Waals surface area (Å²) in [4.78, 5) is 10.6. The van der Waals surface area contributed by atoms with Gasteiger partial charge >= 0.3 is 5.97 Å². The molecule has 0 fully saturated rings. The quantitative estimate of drug-likeness (QED) is 0.870. The van der Waals surface area contributed by atoms with E-state index in [1.54, 1.807) is 31.2 Å². The maximum absolute atomic E-state index is 10.6. The van der Waals surface area contributed by atoms with Crippen LogP contribution in [0, 0.1) is 0 Å². The lowest BCUT2D eigenvalue weighted by atomic mass is 10.2. The Morgan fingerprint density at radius 2 is 1.55 bits per heavy atom. The summed E-state index contributed by atoms with van der Waals surface area (Å²) in [6, 6.07) is 16.6. The summed E-state index contributed by atoms with van der Waals surface area (Å²) < 4.78 is 11.1. The van der Waals surface area contributed by atoms with Gasteiger partial charge < -0.3 is 14.6 Å². The molecule has 0 spiro atoms. The standard InChI is InChI=1S/C16H16O4/c1-12(11-16(17)18)19-14-7-9-15(10-8-14)20-13-5-3-2-4-6-13/h2-10,12H,11H2,1H3,(H,17,18). The van der Waals surface area contributed by atoms with Crippen LogP contribution in [0.3, 0.4) is 0 Å². The van der Waals surface area contributed by atoms with Gasteiger partial charge in [0.25, 0.3) is 0 Å². The molecule has 1 unspecified atom stereocenters. The first-order valence-electron chi connectivity index (χ1n) is 6.35. The van der Waals surface area contributed by atoms with E-state index >= 15 is 0 Å². The summed E-state index contributed by atoms with van der Waals surface area (Å²) in [6.07, 6.45) is -0.393. The number of carboxylic acid groups (broad SMARTS) is 1. The predicted molar refractivity (Wildman–Crippen MR) is 75.3 cm³/mol. The van der Waals surface area contributed by atoms with Crippen LogP contribution in [0.25, 0.3) is 0 Å². The van der Waals surface area contributed by atoms with Crippen molar-refractivity contribution in [3.05, 3.63) is 54.6 Å². The van der Waals surface area contributed by atoms with E-state index in [9.17, 15) is 4.79 Å². The SMILES string of the molecule is CC(CC(=O)O)Oc1ccc(Oc2ccccc2)cc1. The highest BCUT2D eigenvalue weighted by Crippen LogP contribution is 2.24. The molecule has 0 aliphatic heterocycles. The molecular formula is C16H16O4. The number of benzene rings is 2. The van der Waals surface area contributed by atoms with Gasteiger partial charge in [0.15, 0.2) is 0 Å². The van der Waals surface area contributed by atoms with Gasteiger partial charge in [0.05, 0.1) is 6.42 Å². The van der Waals surface area contributed by atoms with Crippen LogP contribution in [0.4, 0.5) is 0 Å². The first kappa shape index (κ1) is 13.9. The third-order valence-electron chi connectivity index (χ3n) is 2.60. The van der Waals surface area contributed by atoms with Crippen molar-refractivity contribution in [1.29, 1.82) is 0 Å². The second-order valence-corrected chi connectivity index (χ2v) is 4.41. The summed E-state index contributed by atoms with van der Waals surface area (Å²) in [7, 11) is 0. The molecule has 0 heterocycles. The summed E-state index contributed by atoms with van der Waals surface area (Å²) >= 11 is 0. The minimum absolute atomic E-state index is 0.0255. The Kier molecular flexibility index (Phi) is 4.60. The zero-order valence-corrected chi connectivity index (χ0v) is 11.2. The molecule has 104 valence electrons. The number of carboxylic acids is 1. The van der Waals surface area contributed by atoms with Gasteiger partial charge in [0, 0.05) is 0 Å². The third kappa shape index (κ3) is 4.31. The van der Waals surface area contributed by atoms with Crippen molar-refractivity contribution in [1.82, 2.24) is 0 Å². The van der Waals surface area contributed by atoms with Crippen molar-refractivity contribution >= 4 is 5.97 Å². The molecule has 0 amide bonds. The zero-order valence-electron chi connectivity index (χ0n) is 11.2. The second kappa shape index (κ2) is 6.61. The summed E-state index contributed by atoms with van der Waals surface area (Å²) in [6.45, 7) is 1.72. The lowest BCUT2D eigenvalue weighted by Gasteiger charge is -2.13. The first-order valence-corrected chi connectivity index (χ1v) is 6.35. The molecule has 0 radical (unpaired) electrons. The molecule has 0 saturated carbocycles. The van der Waals surface area contributed by atoms with Gasteiger partial charge in [-0.15, -0.1) is 0 Å². The lowest BCUT2D eigenvalue weighted by Crippen LogP contribution is -2.16. The smallest absolute Gasteiger partial charge is 0.307 e. The highest BCUT2D eigenvalue weighted by Gasteiger charge is 2.09. The van der Waals surface area contributed by atoms with E-state index in [-0.39, 0.29) is 12.5 Å². The Morgan fingerprint density at radius 3 is 2.15 bits per heavy atom. The lowest BCUT2D eigenvalue weighted by molar-refractivity contribution is -0.138. The Hall–Kier alpha value is -2.49. The fourth-order valence-corrected chi connectivity index (χ4v) is 1.73. The topological polar surface area (TPSA) is 55.8 Å². The molecule has 20 heavy (non-hydrogen) atoms. The minimum atomic E-state index is -0.874. The van der Waals surface area contributed by atoms with Crippen molar-refractivity contribution in [3.8, 4) is 17.2 Å². The van der Waals surface area contributed by atoms with Crippen LogP contribution in [0.15, 0.2) is 54.6 Å². The van der Waals surface area contributed by atoms with Crippen LogP contribution < -0.4 is 9.47 Å². The zero-order chi connectivity index (χ0) is 14.4. The molecule has 0 aromatic heterocycles. The summed E-state index contributed by atoms with van der Waals surface area (Å²) in [5.74, 6) is 1.22. The highest BCUT2D eigenvalue weighted by molar-refractivity contribution is 5.67. The molecular weight excluding hydrogens is 256 g/mol. The second-order valence-electron chi connectivity index (χ2n) is 4.41. The molecule has 1 atom stereocenters. The molecule has 2 aromatic rings. The normalized spacial score (nSPS) is 11.7. The molecule has 2 aromatic carbocycles. The van der Waals surface area contributed by atoms with Crippen LogP contribution in [0.1, 0.15) is 13.3 Å². The fourth-order valence-electron chi connectivity index (χ4n) is 1.73. The van der Waals surface area contributed by atoms with Crippen LogP contribution in [0.5, 0.6) is 17.2 Å². The van der Waals surface area contributed by atoms with Gasteiger partial charge in [-0.25, -0.2) is 0 Å². The van der Waals surface area contributed by atoms with E-state index in [1.165, 1.54) is 0 Å². The molecule has 4 heteroatoms. The molecule has 0 aliphatic rings. The molecule has 4 nitrogen and oxygen atoms in total. The largest absolute Gasteiger partial charge is 0.490 e. The Balaban J connectivity index is 1.94. The Bertz CT molecular complexity index is 548. The van der Waals surface area contributed by atoms with Gasteiger partial charge in [-0.2, -0.15) is 0 Å². The maximum atomic E-state index is 10.6. The molecule has 0 bridgehead atoms. The first-order chi connectivity index (χ1) is 9.63. The average molecular weight is 272 g/mol. The highest BCUT2D eigenvalue weighted by atomic mass is 16.5. The van der Waals surface area contributed by atoms with Gasteiger partial charge in [-0.1, -0.05) is 18.2 Å². The van der Waals surface area contributed by atoms with Crippen LogP contribution in [-0.4, -0.2) is 17.2 Å². The molecule has 0 aliphatic carbocycles. The van der Waals surface area contributed by atoms with Crippen molar-refractivity contribution in [2.24, 2.45) is 0 Å². The Morgan fingerprint density at radius 1 is 1.00 bits per heavy atom. The minimum Gasteiger partial charge on any atom is -0.490 e. The number of rotatable bonds is 6. The van der Waals surface area contributed by atoms with Crippen molar-refractivity contribution in [2.75, 3.05) is 0 Å². The van der Waals surface area contributed by atoms with E-state index in [0.29, 0.717) is 11.5 Å². The third-order valence-corrected chi connectivity index (χ3v) is 2.60. The predicted octanol–water partition coefficient (Wildman–Crippen LogP) is 3.72.